The summed E-state index contributed by atoms with van der Waals surface area (Å²) in [6.07, 6.45) is 1.97. The third-order valence-electron chi connectivity index (χ3n) is 2.79. The van der Waals surface area contributed by atoms with E-state index in [1.165, 1.54) is 5.56 Å². The minimum atomic E-state index is -0.735. The van der Waals surface area contributed by atoms with Crippen LogP contribution in [-0.4, -0.2) is 11.1 Å². The number of carboxylic acids is 1. The lowest BCUT2D eigenvalue weighted by atomic mass is 9.97. The Labute approximate surface area is 90.9 Å². The van der Waals surface area contributed by atoms with E-state index in [1.807, 2.05) is 12.1 Å². The second kappa shape index (κ2) is 5.54. The molecule has 2 nitrogen and oxygen atoms in total. The predicted octanol–water partition coefficient (Wildman–Crippen LogP) is 3.22. The molecule has 82 valence electrons. The van der Waals surface area contributed by atoms with Gasteiger partial charge in [0.2, 0.25) is 0 Å². The zero-order valence-corrected chi connectivity index (χ0v) is 9.36. The molecule has 0 bridgehead atoms. The van der Waals surface area contributed by atoms with E-state index in [9.17, 15) is 4.79 Å². The number of hydrogen-bond donors (Lipinski definition) is 1. The van der Waals surface area contributed by atoms with Gasteiger partial charge in [-0.25, -0.2) is 0 Å². The van der Waals surface area contributed by atoms with Gasteiger partial charge in [-0.1, -0.05) is 38.1 Å². The van der Waals surface area contributed by atoms with Crippen molar-refractivity contribution in [1.29, 1.82) is 0 Å². The van der Waals surface area contributed by atoms with E-state index in [0.717, 1.165) is 12.0 Å². The molecule has 0 amide bonds. The average molecular weight is 206 g/mol. The molecule has 1 aromatic rings. The van der Waals surface area contributed by atoms with Crippen molar-refractivity contribution >= 4 is 5.97 Å². The molecule has 1 aromatic carbocycles. The molecule has 0 aliphatic rings. The van der Waals surface area contributed by atoms with Gasteiger partial charge in [-0.05, 0) is 29.9 Å². The van der Waals surface area contributed by atoms with Crippen molar-refractivity contribution in [2.75, 3.05) is 0 Å². The molecule has 2 heteroatoms. The number of carbonyl (C=O) groups is 1. The number of rotatable bonds is 5. The van der Waals surface area contributed by atoms with E-state index in [-0.39, 0.29) is 6.42 Å². The molecule has 0 aliphatic carbocycles. The van der Waals surface area contributed by atoms with E-state index in [2.05, 4.69) is 26.0 Å². The van der Waals surface area contributed by atoms with Gasteiger partial charge in [0.05, 0.1) is 0 Å². The standard InChI is InChI=1S/C13H18O2/c1-3-10(2)12-7-4-11(5-8-12)6-9-13(14)15/h4-5,7-8,10H,3,6,9H2,1-2H3,(H,14,15). The lowest BCUT2D eigenvalue weighted by Gasteiger charge is -2.09. The summed E-state index contributed by atoms with van der Waals surface area (Å²) in [4.78, 5) is 10.4. The Balaban J connectivity index is 2.60. The third-order valence-corrected chi connectivity index (χ3v) is 2.79. The summed E-state index contributed by atoms with van der Waals surface area (Å²) in [6, 6.07) is 8.27. The summed E-state index contributed by atoms with van der Waals surface area (Å²) in [6.45, 7) is 4.37. The smallest absolute Gasteiger partial charge is 0.303 e. The molecule has 0 fully saturated rings. The van der Waals surface area contributed by atoms with Crippen LogP contribution in [0.15, 0.2) is 24.3 Å². The van der Waals surface area contributed by atoms with E-state index in [1.54, 1.807) is 0 Å². The molecule has 0 heterocycles. The van der Waals surface area contributed by atoms with Crippen LogP contribution >= 0.6 is 0 Å². The van der Waals surface area contributed by atoms with Crippen molar-refractivity contribution in [2.45, 2.75) is 39.0 Å². The molecule has 0 spiro atoms. The summed E-state index contributed by atoms with van der Waals surface area (Å²) in [5.74, 6) is -0.153. The fourth-order valence-electron chi connectivity index (χ4n) is 1.50. The molecule has 0 aromatic heterocycles. The van der Waals surface area contributed by atoms with Gasteiger partial charge >= 0.3 is 5.97 Å². The zero-order valence-electron chi connectivity index (χ0n) is 9.36. The second-order valence-corrected chi connectivity index (χ2v) is 3.94. The van der Waals surface area contributed by atoms with Crippen LogP contribution in [0.5, 0.6) is 0 Å². The Morgan fingerprint density at radius 3 is 2.40 bits per heavy atom. The SMILES string of the molecule is CCC(C)c1ccc(CCC(=O)O)cc1. The molecule has 0 aliphatic heterocycles. The van der Waals surface area contributed by atoms with Crippen LogP contribution in [0.1, 0.15) is 43.7 Å². The highest BCUT2D eigenvalue weighted by molar-refractivity contribution is 5.67. The van der Waals surface area contributed by atoms with Gasteiger partial charge in [-0.15, -0.1) is 0 Å². The van der Waals surface area contributed by atoms with Gasteiger partial charge in [0, 0.05) is 6.42 Å². The van der Waals surface area contributed by atoms with Crippen LogP contribution in [0.3, 0.4) is 0 Å². The zero-order chi connectivity index (χ0) is 11.3. The van der Waals surface area contributed by atoms with Crippen molar-refractivity contribution in [3.8, 4) is 0 Å². The second-order valence-electron chi connectivity index (χ2n) is 3.94. The predicted molar refractivity (Wildman–Crippen MR) is 61.1 cm³/mol. The maximum Gasteiger partial charge on any atom is 0.303 e. The van der Waals surface area contributed by atoms with E-state index in [4.69, 9.17) is 5.11 Å². The number of carboxylic acid groups (broad SMARTS) is 1. The average Bonchev–Trinajstić information content (AvgIpc) is 2.26. The molecule has 15 heavy (non-hydrogen) atoms. The molecule has 1 N–H and O–H groups in total. The van der Waals surface area contributed by atoms with Crippen LogP contribution in [0, 0.1) is 0 Å². The summed E-state index contributed by atoms with van der Waals surface area (Å²) in [7, 11) is 0. The fraction of sp³-hybridized carbons (Fsp3) is 0.462. The molecular weight excluding hydrogens is 188 g/mol. The Hall–Kier alpha value is -1.31. The normalized spacial score (nSPS) is 12.4. The number of aliphatic carboxylic acids is 1. The first-order valence-corrected chi connectivity index (χ1v) is 5.44. The Bertz CT molecular complexity index is 314. The molecule has 0 radical (unpaired) electrons. The number of benzene rings is 1. The van der Waals surface area contributed by atoms with Gasteiger partial charge < -0.3 is 5.11 Å². The van der Waals surface area contributed by atoms with Crippen molar-refractivity contribution < 1.29 is 9.90 Å². The van der Waals surface area contributed by atoms with E-state index in [0.29, 0.717) is 12.3 Å². The van der Waals surface area contributed by atoms with Crippen molar-refractivity contribution in [1.82, 2.24) is 0 Å². The van der Waals surface area contributed by atoms with Gasteiger partial charge in [-0.2, -0.15) is 0 Å². The monoisotopic (exact) mass is 206 g/mol. The molecule has 1 unspecified atom stereocenters. The number of hydrogen-bond acceptors (Lipinski definition) is 1. The van der Waals surface area contributed by atoms with Crippen LogP contribution in [0.4, 0.5) is 0 Å². The molecular formula is C13H18O2. The molecule has 0 saturated carbocycles. The van der Waals surface area contributed by atoms with Gasteiger partial charge in [0.1, 0.15) is 0 Å². The van der Waals surface area contributed by atoms with Crippen LogP contribution in [-0.2, 0) is 11.2 Å². The first-order chi connectivity index (χ1) is 7.13. The minimum Gasteiger partial charge on any atom is -0.481 e. The van der Waals surface area contributed by atoms with Crippen LogP contribution in [0.25, 0.3) is 0 Å². The highest BCUT2D eigenvalue weighted by atomic mass is 16.4. The molecule has 0 saturated heterocycles. The van der Waals surface area contributed by atoms with Gasteiger partial charge in [0.25, 0.3) is 0 Å². The summed E-state index contributed by atoms with van der Waals surface area (Å²) < 4.78 is 0. The Kier molecular flexibility index (Phi) is 4.35. The topological polar surface area (TPSA) is 37.3 Å². The first-order valence-electron chi connectivity index (χ1n) is 5.44. The van der Waals surface area contributed by atoms with Crippen molar-refractivity contribution in [2.24, 2.45) is 0 Å². The highest BCUT2D eigenvalue weighted by Crippen LogP contribution is 2.19. The third kappa shape index (κ3) is 3.74. The lowest BCUT2D eigenvalue weighted by Crippen LogP contribution is -1.98. The van der Waals surface area contributed by atoms with Crippen molar-refractivity contribution in [3.05, 3.63) is 35.4 Å². The number of aryl methyl sites for hydroxylation is 1. The fourth-order valence-corrected chi connectivity index (χ4v) is 1.50. The molecule has 1 atom stereocenters. The van der Waals surface area contributed by atoms with Gasteiger partial charge in [0.15, 0.2) is 0 Å². The minimum absolute atomic E-state index is 0.211. The summed E-state index contributed by atoms with van der Waals surface area (Å²) in [5.41, 5.74) is 2.43. The molecule has 1 rings (SSSR count). The van der Waals surface area contributed by atoms with Crippen LogP contribution < -0.4 is 0 Å². The lowest BCUT2D eigenvalue weighted by molar-refractivity contribution is -0.136. The van der Waals surface area contributed by atoms with Crippen LogP contribution in [0.2, 0.25) is 0 Å². The van der Waals surface area contributed by atoms with E-state index < -0.39 is 5.97 Å². The summed E-state index contributed by atoms with van der Waals surface area (Å²) in [5, 5.41) is 8.56. The Morgan fingerprint density at radius 2 is 1.93 bits per heavy atom. The maximum atomic E-state index is 10.4. The largest absolute Gasteiger partial charge is 0.481 e. The van der Waals surface area contributed by atoms with Gasteiger partial charge in [-0.3, -0.25) is 4.79 Å². The summed E-state index contributed by atoms with van der Waals surface area (Å²) >= 11 is 0. The Morgan fingerprint density at radius 1 is 1.33 bits per heavy atom. The first kappa shape index (κ1) is 11.8. The van der Waals surface area contributed by atoms with Crippen molar-refractivity contribution in [3.63, 3.8) is 0 Å². The van der Waals surface area contributed by atoms with E-state index >= 15 is 0 Å². The quantitative estimate of drug-likeness (QED) is 0.803. The highest BCUT2D eigenvalue weighted by Gasteiger charge is 2.03. The maximum absolute atomic E-state index is 10.4.